The lowest BCUT2D eigenvalue weighted by Crippen LogP contribution is -2.34. The highest BCUT2D eigenvalue weighted by Gasteiger charge is 2.14. The van der Waals surface area contributed by atoms with Gasteiger partial charge in [0.2, 0.25) is 0 Å². The second-order valence-electron chi connectivity index (χ2n) is 4.75. The second-order valence-corrected chi connectivity index (χ2v) is 4.75. The van der Waals surface area contributed by atoms with Gasteiger partial charge in [-0.05, 0) is 31.5 Å². The van der Waals surface area contributed by atoms with Crippen molar-refractivity contribution in [2.75, 3.05) is 16.8 Å². The molecular formula is C16H18N2O3. The van der Waals surface area contributed by atoms with E-state index in [9.17, 15) is 15.0 Å². The number of benzene rings is 2. The topological polar surface area (TPSA) is 72.8 Å². The summed E-state index contributed by atoms with van der Waals surface area (Å²) in [6.07, 6.45) is 0. The van der Waals surface area contributed by atoms with Crippen LogP contribution in [0.2, 0.25) is 0 Å². The minimum absolute atomic E-state index is 0.107. The number of urea groups is 1. The van der Waals surface area contributed by atoms with Crippen LogP contribution in [0.25, 0.3) is 0 Å². The first-order valence-corrected chi connectivity index (χ1v) is 6.68. The molecule has 5 nitrogen and oxygen atoms in total. The molecule has 2 aromatic rings. The maximum atomic E-state index is 12.3. The molecule has 0 saturated carbocycles. The summed E-state index contributed by atoms with van der Waals surface area (Å²) in [6.45, 7) is 4.34. The van der Waals surface area contributed by atoms with Crippen molar-refractivity contribution in [2.24, 2.45) is 0 Å². The number of nitrogens with one attached hydrogen (secondary N) is 1. The van der Waals surface area contributed by atoms with E-state index in [4.69, 9.17) is 0 Å². The number of rotatable bonds is 3. The second kappa shape index (κ2) is 6.17. The molecule has 2 rings (SSSR count). The fourth-order valence-corrected chi connectivity index (χ4v) is 2.10. The summed E-state index contributed by atoms with van der Waals surface area (Å²) in [5, 5.41) is 21.5. The van der Waals surface area contributed by atoms with Crippen molar-refractivity contribution in [2.45, 2.75) is 13.8 Å². The lowest BCUT2D eigenvalue weighted by molar-refractivity contribution is 0.257. The maximum Gasteiger partial charge on any atom is 0.326 e. The van der Waals surface area contributed by atoms with Gasteiger partial charge in [-0.25, -0.2) is 4.79 Å². The van der Waals surface area contributed by atoms with E-state index >= 15 is 0 Å². The smallest absolute Gasteiger partial charge is 0.326 e. The molecule has 0 fully saturated rings. The molecule has 0 unspecified atom stereocenters. The van der Waals surface area contributed by atoms with Crippen LogP contribution < -0.4 is 10.2 Å². The summed E-state index contributed by atoms with van der Waals surface area (Å²) in [6, 6.07) is 11.3. The van der Waals surface area contributed by atoms with Gasteiger partial charge in [0.25, 0.3) is 0 Å². The first-order chi connectivity index (χ1) is 9.99. The van der Waals surface area contributed by atoms with Crippen LogP contribution in [0, 0.1) is 6.92 Å². The number of carbonyl (C=O) groups is 1. The number of nitrogens with zero attached hydrogens (tertiary/aromatic N) is 1. The third-order valence-electron chi connectivity index (χ3n) is 3.03. The molecule has 0 heterocycles. The Kier molecular flexibility index (Phi) is 4.33. The Labute approximate surface area is 123 Å². The standard InChI is InChI=1S/C16H18N2O3/c1-3-18(13-6-4-5-11(2)7-13)16(21)17-12-8-14(19)10-15(20)9-12/h4-10,19-20H,3H2,1-2H3,(H,17,21). The van der Waals surface area contributed by atoms with Crippen LogP contribution in [0.1, 0.15) is 12.5 Å². The van der Waals surface area contributed by atoms with Gasteiger partial charge in [0.05, 0.1) is 0 Å². The molecule has 2 aromatic carbocycles. The zero-order chi connectivity index (χ0) is 15.4. The number of phenolic OH excluding ortho intramolecular Hbond substituents is 2. The Hall–Kier alpha value is -2.69. The molecule has 0 spiro atoms. The molecule has 2 amide bonds. The molecule has 21 heavy (non-hydrogen) atoms. The van der Waals surface area contributed by atoms with Gasteiger partial charge in [0.1, 0.15) is 11.5 Å². The number of phenols is 2. The number of amides is 2. The molecule has 0 aliphatic carbocycles. The normalized spacial score (nSPS) is 10.2. The van der Waals surface area contributed by atoms with Gasteiger partial charge in [0.15, 0.2) is 0 Å². The Balaban J connectivity index is 2.21. The third-order valence-corrected chi connectivity index (χ3v) is 3.03. The highest BCUT2D eigenvalue weighted by atomic mass is 16.3. The molecule has 5 heteroatoms. The molecule has 0 radical (unpaired) electrons. The molecule has 110 valence electrons. The monoisotopic (exact) mass is 286 g/mol. The minimum atomic E-state index is -0.326. The van der Waals surface area contributed by atoms with E-state index in [1.807, 2.05) is 38.1 Å². The number of hydrogen-bond donors (Lipinski definition) is 3. The van der Waals surface area contributed by atoms with Gasteiger partial charge >= 0.3 is 6.03 Å². The maximum absolute atomic E-state index is 12.3. The lowest BCUT2D eigenvalue weighted by Gasteiger charge is -2.22. The summed E-state index contributed by atoms with van der Waals surface area (Å²) in [5.41, 5.74) is 2.19. The van der Waals surface area contributed by atoms with Gasteiger partial charge < -0.3 is 15.5 Å². The van der Waals surface area contributed by atoms with Crippen LogP contribution in [0.5, 0.6) is 11.5 Å². The van der Waals surface area contributed by atoms with E-state index in [1.54, 1.807) is 4.90 Å². The third kappa shape index (κ3) is 3.66. The van der Waals surface area contributed by atoms with Gasteiger partial charge in [-0.2, -0.15) is 0 Å². The van der Waals surface area contributed by atoms with E-state index in [0.717, 1.165) is 11.3 Å². The summed E-state index contributed by atoms with van der Waals surface area (Å²) >= 11 is 0. The van der Waals surface area contributed by atoms with Crippen LogP contribution in [-0.4, -0.2) is 22.8 Å². The summed E-state index contributed by atoms with van der Waals surface area (Å²) in [4.78, 5) is 13.9. The van der Waals surface area contributed by atoms with Gasteiger partial charge in [0, 0.05) is 36.1 Å². The van der Waals surface area contributed by atoms with Crippen molar-refractivity contribution in [3.63, 3.8) is 0 Å². The predicted molar refractivity (Wildman–Crippen MR) is 83.0 cm³/mol. The number of hydrogen-bond acceptors (Lipinski definition) is 3. The molecule has 0 aliphatic heterocycles. The number of aromatic hydroxyl groups is 2. The average molecular weight is 286 g/mol. The minimum Gasteiger partial charge on any atom is -0.508 e. The summed E-state index contributed by atoms with van der Waals surface area (Å²) in [5.74, 6) is -0.215. The Morgan fingerprint density at radius 2 is 1.81 bits per heavy atom. The summed E-state index contributed by atoms with van der Waals surface area (Å²) < 4.78 is 0. The molecular weight excluding hydrogens is 268 g/mol. The van der Waals surface area contributed by atoms with Crippen LogP contribution in [-0.2, 0) is 0 Å². The van der Waals surface area contributed by atoms with Crippen molar-refractivity contribution in [1.82, 2.24) is 0 Å². The van der Waals surface area contributed by atoms with Crippen molar-refractivity contribution in [1.29, 1.82) is 0 Å². The number of aryl methyl sites for hydroxylation is 1. The zero-order valence-corrected chi connectivity index (χ0v) is 12.0. The molecule has 0 bridgehead atoms. The Morgan fingerprint density at radius 3 is 2.38 bits per heavy atom. The Bertz CT molecular complexity index is 635. The number of carbonyl (C=O) groups excluding carboxylic acids is 1. The quantitative estimate of drug-likeness (QED) is 0.809. The van der Waals surface area contributed by atoms with Crippen LogP contribution in [0.3, 0.4) is 0 Å². The van der Waals surface area contributed by atoms with Gasteiger partial charge in [-0.1, -0.05) is 12.1 Å². The highest BCUT2D eigenvalue weighted by molar-refractivity contribution is 6.01. The van der Waals surface area contributed by atoms with Gasteiger partial charge in [-0.15, -0.1) is 0 Å². The Morgan fingerprint density at radius 1 is 1.14 bits per heavy atom. The first kappa shape index (κ1) is 14.7. The van der Waals surface area contributed by atoms with Gasteiger partial charge in [-0.3, -0.25) is 4.90 Å². The molecule has 3 N–H and O–H groups in total. The van der Waals surface area contributed by atoms with E-state index < -0.39 is 0 Å². The van der Waals surface area contributed by atoms with Crippen molar-refractivity contribution < 1.29 is 15.0 Å². The first-order valence-electron chi connectivity index (χ1n) is 6.68. The molecule has 0 aliphatic rings. The SMILES string of the molecule is CCN(C(=O)Nc1cc(O)cc(O)c1)c1cccc(C)c1. The van der Waals surface area contributed by atoms with Crippen LogP contribution in [0.15, 0.2) is 42.5 Å². The van der Waals surface area contributed by atoms with E-state index in [1.165, 1.54) is 18.2 Å². The van der Waals surface area contributed by atoms with E-state index in [-0.39, 0.29) is 17.5 Å². The zero-order valence-electron chi connectivity index (χ0n) is 12.0. The largest absolute Gasteiger partial charge is 0.508 e. The van der Waals surface area contributed by atoms with Crippen molar-refractivity contribution in [3.8, 4) is 11.5 Å². The van der Waals surface area contributed by atoms with Crippen molar-refractivity contribution in [3.05, 3.63) is 48.0 Å². The van der Waals surface area contributed by atoms with Crippen LogP contribution in [0.4, 0.5) is 16.2 Å². The fourth-order valence-electron chi connectivity index (χ4n) is 2.10. The predicted octanol–water partition coefficient (Wildman–Crippen LogP) is 3.46. The van der Waals surface area contributed by atoms with Crippen LogP contribution >= 0.6 is 0 Å². The average Bonchev–Trinajstić information content (AvgIpc) is 2.38. The van der Waals surface area contributed by atoms with E-state index in [2.05, 4.69) is 5.32 Å². The highest BCUT2D eigenvalue weighted by Crippen LogP contribution is 2.25. The van der Waals surface area contributed by atoms with E-state index in [0.29, 0.717) is 12.2 Å². The van der Waals surface area contributed by atoms with Crippen molar-refractivity contribution >= 4 is 17.4 Å². The lowest BCUT2D eigenvalue weighted by atomic mass is 10.2. The molecule has 0 saturated heterocycles. The molecule has 0 aromatic heterocycles. The number of anilines is 2. The summed E-state index contributed by atoms with van der Waals surface area (Å²) in [7, 11) is 0. The fraction of sp³-hybridized carbons (Fsp3) is 0.188. The molecule has 0 atom stereocenters.